The SMILES string of the molecule is CC1(C)CCC2(C(=O)OC3OC(CO)C(O)C(O)C3O)CCC3(C)C(=CCC4C5(C)CCC(OC6OC(C(=O)O)C(OC7OC(CO)C(O)C7O)C(OC7OCC(O)C(O)C7O)C6OC6OC(CO)C(O)C(O)C6O)C(C)(C)C5CCC43C)C2C1. The maximum atomic E-state index is 14.9. The average molecular weight is 1220 g/mol. The first kappa shape index (κ1) is 65.7. The second kappa shape index (κ2) is 24.1. The summed E-state index contributed by atoms with van der Waals surface area (Å²) in [5, 5.41) is 161. The first-order chi connectivity index (χ1) is 39.8. The molecule has 0 bridgehead atoms. The van der Waals surface area contributed by atoms with Crippen LogP contribution in [-0.2, 0) is 57.0 Å². The third-order valence-corrected chi connectivity index (χ3v) is 22.8. The molecule has 10 aliphatic rings. The zero-order chi connectivity index (χ0) is 62.0. The van der Waals surface area contributed by atoms with Crippen LogP contribution >= 0.6 is 0 Å². The van der Waals surface area contributed by atoms with E-state index in [1.807, 2.05) is 0 Å². The third-order valence-electron chi connectivity index (χ3n) is 22.8. The zero-order valence-corrected chi connectivity index (χ0v) is 49.2. The van der Waals surface area contributed by atoms with Gasteiger partial charge in [-0.15, -0.1) is 0 Å². The number of aliphatic hydroxyl groups excluding tert-OH is 14. The molecule has 31 unspecified atom stereocenters. The fraction of sp³-hybridized carbons (Fsp3) is 0.931. The van der Waals surface area contributed by atoms with Gasteiger partial charge in [0.05, 0.1) is 37.9 Å². The van der Waals surface area contributed by atoms with Gasteiger partial charge in [-0.05, 0) is 109 Å². The van der Waals surface area contributed by atoms with Crippen LogP contribution in [0.15, 0.2) is 11.6 Å². The molecule has 5 aliphatic carbocycles. The maximum absolute atomic E-state index is 14.9. The van der Waals surface area contributed by atoms with Crippen LogP contribution in [0.25, 0.3) is 0 Å². The lowest BCUT2D eigenvalue weighted by molar-refractivity contribution is -0.401. The van der Waals surface area contributed by atoms with Crippen LogP contribution in [0.3, 0.4) is 0 Å². The normalized spacial score (nSPS) is 53.0. The molecule has 5 saturated heterocycles. The molecule has 0 radical (unpaired) electrons. The Morgan fingerprint density at radius 1 is 0.541 bits per heavy atom. The number of hydrogen-bond donors (Lipinski definition) is 15. The Bertz CT molecular complexity index is 2410. The predicted molar refractivity (Wildman–Crippen MR) is 284 cm³/mol. The molecule has 10 rings (SSSR count). The van der Waals surface area contributed by atoms with Crippen molar-refractivity contribution in [3.8, 4) is 0 Å². The van der Waals surface area contributed by atoms with E-state index in [4.69, 9.17) is 47.4 Å². The zero-order valence-electron chi connectivity index (χ0n) is 49.2. The summed E-state index contributed by atoms with van der Waals surface area (Å²) in [5.74, 6) is -2.48. The molecule has 9 fully saturated rings. The Hall–Kier alpha value is -2.24. The van der Waals surface area contributed by atoms with Gasteiger partial charge in [0.25, 0.3) is 0 Å². The summed E-state index contributed by atoms with van der Waals surface area (Å²) in [5.41, 5.74) is -1.80. The Balaban J connectivity index is 0.965. The van der Waals surface area contributed by atoms with Crippen LogP contribution in [0, 0.1) is 50.2 Å². The van der Waals surface area contributed by atoms with Crippen molar-refractivity contribution < 1.29 is 134 Å². The minimum absolute atomic E-state index is 0.0717. The Morgan fingerprint density at radius 3 is 1.67 bits per heavy atom. The second-order valence-corrected chi connectivity index (χ2v) is 28.2. The van der Waals surface area contributed by atoms with Gasteiger partial charge in [0.1, 0.15) is 104 Å². The van der Waals surface area contributed by atoms with Gasteiger partial charge in [0, 0.05) is 0 Å². The number of carboxylic acids is 1. The van der Waals surface area contributed by atoms with E-state index in [9.17, 15) is 86.2 Å². The molecule has 4 saturated carbocycles. The highest BCUT2D eigenvalue weighted by Crippen LogP contribution is 2.76. The van der Waals surface area contributed by atoms with Crippen molar-refractivity contribution >= 4 is 11.9 Å². The smallest absolute Gasteiger partial charge is 0.335 e. The van der Waals surface area contributed by atoms with Gasteiger partial charge < -0.3 is 124 Å². The number of allylic oxidation sites excluding steroid dienone is 2. The van der Waals surface area contributed by atoms with Gasteiger partial charge in [-0.25, -0.2) is 4.79 Å². The number of ether oxygens (including phenoxy) is 10. The Labute approximate surface area is 492 Å². The van der Waals surface area contributed by atoms with E-state index >= 15 is 0 Å². The number of carbonyl (C=O) groups is 2. The van der Waals surface area contributed by atoms with E-state index in [2.05, 4.69) is 54.5 Å². The molecule has 486 valence electrons. The van der Waals surface area contributed by atoms with Gasteiger partial charge in [0.2, 0.25) is 6.29 Å². The molecule has 0 aromatic carbocycles. The van der Waals surface area contributed by atoms with Crippen LogP contribution in [0.2, 0.25) is 0 Å². The number of esters is 1. The van der Waals surface area contributed by atoms with E-state index in [1.54, 1.807) is 0 Å². The van der Waals surface area contributed by atoms with E-state index < -0.39 is 202 Å². The van der Waals surface area contributed by atoms with Crippen molar-refractivity contribution in [3.05, 3.63) is 11.6 Å². The summed E-state index contributed by atoms with van der Waals surface area (Å²) >= 11 is 0. The molecule has 0 aromatic heterocycles. The van der Waals surface area contributed by atoms with Crippen LogP contribution in [0.5, 0.6) is 0 Å². The molecule has 0 aromatic rings. The van der Waals surface area contributed by atoms with E-state index in [1.165, 1.54) is 5.57 Å². The Kier molecular flexibility index (Phi) is 18.6. The minimum atomic E-state index is -2.14. The molecule has 5 aliphatic heterocycles. The van der Waals surface area contributed by atoms with Crippen LogP contribution < -0.4 is 0 Å². The fourth-order valence-corrected chi connectivity index (χ4v) is 17.5. The van der Waals surface area contributed by atoms with Crippen LogP contribution in [0.4, 0.5) is 0 Å². The van der Waals surface area contributed by atoms with Gasteiger partial charge in [-0.2, -0.15) is 0 Å². The van der Waals surface area contributed by atoms with Gasteiger partial charge in [-0.3, -0.25) is 4.79 Å². The second-order valence-electron chi connectivity index (χ2n) is 28.2. The van der Waals surface area contributed by atoms with Crippen molar-refractivity contribution in [2.75, 3.05) is 26.4 Å². The number of aliphatic hydroxyl groups is 14. The summed E-state index contributed by atoms with van der Waals surface area (Å²) in [6.07, 6.45) is -33.8. The largest absolute Gasteiger partial charge is 0.479 e. The highest BCUT2D eigenvalue weighted by molar-refractivity contribution is 5.79. The molecule has 27 heteroatoms. The molecule has 31 atom stereocenters. The van der Waals surface area contributed by atoms with Crippen molar-refractivity contribution in [1.82, 2.24) is 0 Å². The third kappa shape index (κ3) is 11.0. The fourth-order valence-electron chi connectivity index (χ4n) is 17.5. The maximum Gasteiger partial charge on any atom is 0.335 e. The molecule has 0 amide bonds. The molecule has 15 N–H and O–H groups in total. The average Bonchev–Trinajstić information content (AvgIpc) is 0.982. The molecule has 27 nitrogen and oxygen atoms in total. The first-order valence-corrected chi connectivity index (χ1v) is 30.2. The predicted octanol–water partition coefficient (Wildman–Crippen LogP) is -2.84. The molecule has 0 spiro atoms. The highest BCUT2D eigenvalue weighted by atomic mass is 16.8. The van der Waals surface area contributed by atoms with Gasteiger partial charge in [0.15, 0.2) is 31.3 Å². The molecular weight excluding hydrogens is 1130 g/mol. The standard InChI is InChI=1S/C58H92O27/c1-53(2)14-16-58(52(75)85-50-41(72)37(68)34(65)27(20-60)79-50)17-15-56(6)23(24(58)18-53)8-9-30-55(5)12-11-31(54(3,4)29(55)10-13-57(30,56)7)80-51-45(84-49-40(71)36(67)33(64)26(19-59)77-49)43(81-47-38(69)32(63)25(62)22-76-47)42(44(83-51)46(73)74)82-48-39(70)35(66)28(21-61)78-48/h8,24-45,47-51,59-72H,9-22H2,1-7H3,(H,73,74). The van der Waals surface area contributed by atoms with Gasteiger partial charge in [-0.1, -0.05) is 60.1 Å². The number of hydrogen-bond acceptors (Lipinski definition) is 26. The first-order valence-electron chi connectivity index (χ1n) is 30.2. The van der Waals surface area contributed by atoms with E-state index in [-0.39, 0.29) is 34.0 Å². The van der Waals surface area contributed by atoms with Crippen molar-refractivity contribution in [1.29, 1.82) is 0 Å². The minimum Gasteiger partial charge on any atom is -0.479 e. The topological polar surface area (TPSA) is 430 Å². The lowest BCUT2D eigenvalue weighted by atomic mass is 9.33. The summed E-state index contributed by atoms with van der Waals surface area (Å²) in [6.45, 7) is 12.6. The monoisotopic (exact) mass is 1220 g/mol. The number of carbonyl (C=O) groups excluding carboxylic acids is 1. The van der Waals surface area contributed by atoms with E-state index in [0.717, 1.165) is 12.8 Å². The van der Waals surface area contributed by atoms with Gasteiger partial charge >= 0.3 is 11.9 Å². The number of rotatable bonds is 14. The lowest BCUT2D eigenvalue weighted by Gasteiger charge is -2.71. The van der Waals surface area contributed by atoms with Crippen molar-refractivity contribution in [2.45, 2.75) is 260 Å². The van der Waals surface area contributed by atoms with E-state index in [0.29, 0.717) is 51.4 Å². The van der Waals surface area contributed by atoms with Crippen molar-refractivity contribution in [2.24, 2.45) is 50.2 Å². The Morgan fingerprint density at radius 2 is 1.07 bits per heavy atom. The summed E-state index contributed by atoms with van der Waals surface area (Å²) in [6, 6.07) is 0. The summed E-state index contributed by atoms with van der Waals surface area (Å²) < 4.78 is 61.1. The number of fused-ring (bicyclic) bond motifs is 7. The molecular formula is C58H92O27. The van der Waals surface area contributed by atoms with Crippen LogP contribution in [0.1, 0.15) is 113 Å². The molecule has 5 heterocycles. The lowest BCUT2D eigenvalue weighted by Crippen LogP contribution is -2.69. The quantitative estimate of drug-likeness (QED) is 0.0473. The van der Waals surface area contributed by atoms with Crippen molar-refractivity contribution in [3.63, 3.8) is 0 Å². The molecule has 85 heavy (non-hydrogen) atoms. The summed E-state index contributed by atoms with van der Waals surface area (Å²) in [4.78, 5) is 28.4. The number of carboxylic acid groups (broad SMARTS) is 1. The summed E-state index contributed by atoms with van der Waals surface area (Å²) in [7, 11) is 0. The number of aliphatic carboxylic acids is 1. The van der Waals surface area contributed by atoms with Crippen LogP contribution in [-0.4, -0.2) is 262 Å². The highest BCUT2D eigenvalue weighted by Gasteiger charge is 2.71.